The van der Waals surface area contributed by atoms with Crippen LogP contribution in [0, 0.1) is 30.0 Å². The van der Waals surface area contributed by atoms with Crippen LogP contribution < -0.4 is 0 Å². The third kappa shape index (κ3) is 3.55. The number of hydrogen-bond acceptors (Lipinski definition) is 0. The topological polar surface area (TPSA) is 0 Å². The van der Waals surface area contributed by atoms with Crippen molar-refractivity contribution in [2.24, 2.45) is 17.3 Å². The minimum Gasteiger partial charge on any atom is -0.207 e. The lowest BCUT2D eigenvalue weighted by molar-refractivity contribution is 0.141. The quantitative estimate of drug-likeness (QED) is 0.623. The molecule has 1 aromatic carbocycles. The second-order valence-corrected chi connectivity index (χ2v) is 7.84. The zero-order chi connectivity index (χ0) is 14.9. The van der Waals surface area contributed by atoms with Crippen molar-refractivity contribution in [3.05, 3.63) is 35.1 Å². The van der Waals surface area contributed by atoms with Gasteiger partial charge >= 0.3 is 0 Å². The van der Waals surface area contributed by atoms with Gasteiger partial charge in [0.15, 0.2) is 0 Å². The van der Waals surface area contributed by atoms with Crippen LogP contribution >= 0.6 is 11.6 Å². The molecule has 0 spiro atoms. The number of rotatable bonds is 3. The maximum atomic E-state index is 13.2. The maximum Gasteiger partial charge on any atom is 0.123 e. The van der Waals surface area contributed by atoms with Crippen molar-refractivity contribution in [1.82, 2.24) is 0 Å². The van der Waals surface area contributed by atoms with Gasteiger partial charge in [-0.2, -0.15) is 0 Å². The van der Waals surface area contributed by atoms with Crippen LogP contribution in [0.5, 0.6) is 0 Å². The minimum atomic E-state index is -0.147. The van der Waals surface area contributed by atoms with E-state index < -0.39 is 0 Å². The zero-order valence-electron chi connectivity index (χ0n) is 13.0. The van der Waals surface area contributed by atoms with Gasteiger partial charge in [0.1, 0.15) is 5.82 Å². The molecule has 0 radical (unpaired) electrons. The van der Waals surface area contributed by atoms with Gasteiger partial charge in [-0.25, -0.2) is 4.39 Å². The normalized spacial score (nSPS) is 27.6. The van der Waals surface area contributed by atoms with Crippen molar-refractivity contribution in [2.45, 2.75) is 58.8 Å². The summed E-state index contributed by atoms with van der Waals surface area (Å²) in [6, 6.07) is 5.13. The van der Waals surface area contributed by atoms with Crippen molar-refractivity contribution >= 4 is 11.6 Å². The highest BCUT2D eigenvalue weighted by Gasteiger charge is 2.38. The van der Waals surface area contributed by atoms with Crippen LogP contribution in [0.3, 0.4) is 0 Å². The van der Waals surface area contributed by atoms with E-state index in [1.165, 1.54) is 18.4 Å². The lowest BCUT2D eigenvalue weighted by Crippen LogP contribution is -2.37. The fourth-order valence-corrected chi connectivity index (χ4v) is 4.44. The Morgan fingerprint density at radius 3 is 2.60 bits per heavy atom. The summed E-state index contributed by atoms with van der Waals surface area (Å²) < 4.78 is 13.2. The Morgan fingerprint density at radius 2 is 2.00 bits per heavy atom. The highest BCUT2D eigenvalue weighted by Crippen LogP contribution is 2.44. The van der Waals surface area contributed by atoms with E-state index in [0.29, 0.717) is 5.92 Å². The molecule has 0 aromatic heterocycles. The molecule has 0 nitrogen and oxygen atoms in total. The van der Waals surface area contributed by atoms with Gasteiger partial charge in [0.2, 0.25) is 0 Å². The van der Waals surface area contributed by atoms with Crippen molar-refractivity contribution in [1.29, 1.82) is 0 Å². The van der Waals surface area contributed by atoms with Gasteiger partial charge in [0.25, 0.3) is 0 Å². The first-order chi connectivity index (χ1) is 9.29. The fourth-order valence-electron chi connectivity index (χ4n) is 3.67. The molecule has 2 rings (SSSR count). The van der Waals surface area contributed by atoms with Crippen molar-refractivity contribution in [2.75, 3.05) is 0 Å². The molecule has 1 fully saturated rings. The van der Waals surface area contributed by atoms with Gasteiger partial charge in [-0.15, -0.1) is 11.6 Å². The van der Waals surface area contributed by atoms with Crippen LogP contribution in [0.15, 0.2) is 18.2 Å². The lowest BCUT2D eigenvalue weighted by atomic mass is 9.66. The molecule has 0 bridgehead atoms. The Labute approximate surface area is 127 Å². The average molecular weight is 297 g/mol. The van der Waals surface area contributed by atoms with Crippen molar-refractivity contribution < 1.29 is 4.39 Å². The largest absolute Gasteiger partial charge is 0.207 e. The number of hydrogen-bond donors (Lipinski definition) is 0. The molecular weight excluding hydrogens is 271 g/mol. The summed E-state index contributed by atoms with van der Waals surface area (Å²) in [4.78, 5) is 0. The van der Waals surface area contributed by atoms with Crippen molar-refractivity contribution in [3.63, 3.8) is 0 Å². The Kier molecular flexibility index (Phi) is 4.79. The van der Waals surface area contributed by atoms with E-state index in [9.17, 15) is 4.39 Å². The Morgan fingerprint density at radius 1 is 1.30 bits per heavy atom. The molecule has 20 heavy (non-hydrogen) atoms. The third-order valence-electron chi connectivity index (χ3n) is 4.99. The van der Waals surface area contributed by atoms with Gasteiger partial charge in [0.05, 0.1) is 0 Å². The molecule has 0 heterocycles. The summed E-state index contributed by atoms with van der Waals surface area (Å²) in [5.41, 5.74) is 2.46. The summed E-state index contributed by atoms with van der Waals surface area (Å²) in [6.07, 6.45) is 4.59. The SMILES string of the molecule is Cc1cc(F)ccc1CC(C)(C)C1CCC(C)CC1Cl. The van der Waals surface area contributed by atoms with E-state index >= 15 is 0 Å². The van der Waals surface area contributed by atoms with E-state index in [-0.39, 0.29) is 16.6 Å². The highest BCUT2D eigenvalue weighted by molar-refractivity contribution is 6.20. The predicted octanol–water partition coefficient (Wildman–Crippen LogP) is 5.75. The number of aryl methyl sites for hydroxylation is 1. The number of benzene rings is 1. The lowest BCUT2D eigenvalue weighted by Gasteiger charge is -2.42. The summed E-state index contributed by atoms with van der Waals surface area (Å²) in [6.45, 7) is 8.91. The fraction of sp³-hybridized carbons (Fsp3) is 0.667. The van der Waals surface area contributed by atoms with Crippen LogP contribution in [-0.4, -0.2) is 5.38 Å². The molecule has 2 heteroatoms. The first-order valence-corrected chi connectivity index (χ1v) is 8.12. The van der Waals surface area contributed by atoms with Crippen LogP contribution in [0.1, 0.15) is 51.2 Å². The monoisotopic (exact) mass is 296 g/mol. The van der Waals surface area contributed by atoms with E-state index in [1.807, 2.05) is 13.0 Å². The molecular formula is C18H26ClF. The molecule has 1 aliphatic rings. The molecule has 0 N–H and O–H groups in total. The van der Waals surface area contributed by atoms with Gasteiger partial charge in [-0.1, -0.05) is 33.3 Å². The first-order valence-electron chi connectivity index (χ1n) is 7.68. The van der Waals surface area contributed by atoms with Crippen LogP contribution in [0.2, 0.25) is 0 Å². The van der Waals surface area contributed by atoms with Crippen LogP contribution in [-0.2, 0) is 6.42 Å². The molecule has 112 valence electrons. The maximum absolute atomic E-state index is 13.2. The predicted molar refractivity (Wildman–Crippen MR) is 84.8 cm³/mol. The molecule has 1 aromatic rings. The highest BCUT2D eigenvalue weighted by atomic mass is 35.5. The molecule has 3 unspecified atom stereocenters. The van der Waals surface area contributed by atoms with Gasteiger partial charge in [0, 0.05) is 5.38 Å². The van der Waals surface area contributed by atoms with E-state index in [4.69, 9.17) is 11.6 Å². The third-order valence-corrected chi connectivity index (χ3v) is 5.47. The smallest absolute Gasteiger partial charge is 0.123 e. The van der Waals surface area contributed by atoms with Crippen LogP contribution in [0.4, 0.5) is 4.39 Å². The van der Waals surface area contributed by atoms with Crippen molar-refractivity contribution in [3.8, 4) is 0 Å². The molecule has 3 atom stereocenters. The average Bonchev–Trinajstić information content (AvgIpc) is 2.32. The van der Waals surface area contributed by atoms with E-state index in [2.05, 4.69) is 20.8 Å². The Hall–Kier alpha value is -0.560. The first kappa shape index (κ1) is 15.8. The standard InChI is InChI=1S/C18H26ClF/c1-12-5-8-16(17(19)9-12)18(3,4)11-14-6-7-15(20)10-13(14)2/h6-7,10,12,16-17H,5,8-9,11H2,1-4H3. The molecule has 0 amide bonds. The second-order valence-electron chi connectivity index (χ2n) is 7.28. The summed E-state index contributed by atoms with van der Waals surface area (Å²) >= 11 is 6.63. The molecule has 0 saturated heterocycles. The summed E-state index contributed by atoms with van der Waals surface area (Å²) in [7, 11) is 0. The Bertz CT molecular complexity index is 466. The van der Waals surface area contributed by atoms with Crippen LogP contribution in [0.25, 0.3) is 0 Å². The number of alkyl halides is 1. The van der Waals surface area contributed by atoms with E-state index in [0.717, 1.165) is 24.3 Å². The van der Waals surface area contributed by atoms with Gasteiger partial charge in [-0.05, 0) is 66.7 Å². The molecule has 0 aliphatic heterocycles. The zero-order valence-corrected chi connectivity index (χ0v) is 13.8. The molecule has 1 saturated carbocycles. The summed E-state index contributed by atoms with van der Waals surface area (Å²) in [5.74, 6) is 1.15. The Balaban J connectivity index is 2.14. The molecule has 1 aliphatic carbocycles. The van der Waals surface area contributed by atoms with Gasteiger partial charge in [-0.3, -0.25) is 0 Å². The van der Waals surface area contributed by atoms with E-state index in [1.54, 1.807) is 12.1 Å². The van der Waals surface area contributed by atoms with Gasteiger partial charge < -0.3 is 0 Å². The minimum absolute atomic E-state index is 0.147. The number of halogens is 2. The second kappa shape index (κ2) is 6.05. The summed E-state index contributed by atoms with van der Waals surface area (Å²) in [5, 5.41) is 0.273.